The summed E-state index contributed by atoms with van der Waals surface area (Å²) in [6, 6.07) is 9.46. The predicted molar refractivity (Wildman–Crippen MR) is 85.2 cm³/mol. The minimum absolute atomic E-state index is 0.130. The summed E-state index contributed by atoms with van der Waals surface area (Å²) in [5.74, 6) is -1.34. The van der Waals surface area contributed by atoms with Crippen LogP contribution in [-0.4, -0.2) is 26.5 Å². The molecule has 2 heterocycles. The molecular weight excluding hydrogens is 309 g/mol. The number of hydrogen-bond donors (Lipinski definition) is 0. The first-order valence-electron chi connectivity index (χ1n) is 7.14. The van der Waals surface area contributed by atoms with E-state index >= 15 is 0 Å². The molecule has 118 valence electrons. The zero-order valence-corrected chi connectivity index (χ0v) is 12.5. The number of aromatic nitrogens is 3. The maximum absolute atomic E-state index is 12.5. The molecule has 2 aromatic heterocycles. The van der Waals surface area contributed by atoms with Crippen LogP contribution >= 0.6 is 0 Å². The zero-order valence-electron chi connectivity index (χ0n) is 12.5. The second-order valence-corrected chi connectivity index (χ2v) is 5.04. The lowest BCUT2D eigenvalue weighted by atomic mass is 9.99. The van der Waals surface area contributed by atoms with Gasteiger partial charge in [0.05, 0.1) is 5.69 Å². The van der Waals surface area contributed by atoms with E-state index in [1.165, 1.54) is 24.7 Å². The minimum Gasteiger partial charge on any atom is -0.285 e. The Labute approximate surface area is 137 Å². The maximum Gasteiger partial charge on any atom is 0.235 e. The first kappa shape index (κ1) is 15.6. The maximum atomic E-state index is 12.5. The van der Waals surface area contributed by atoms with Gasteiger partial charge in [0, 0.05) is 35.3 Å². The molecule has 0 radical (unpaired) electrons. The van der Waals surface area contributed by atoms with Gasteiger partial charge < -0.3 is 0 Å². The fraction of sp³-hybridized carbons (Fsp3) is 0.0556. The van der Waals surface area contributed by atoms with E-state index < -0.39 is 18.2 Å². The van der Waals surface area contributed by atoms with Gasteiger partial charge in [0.2, 0.25) is 11.6 Å². The van der Waals surface area contributed by atoms with Crippen molar-refractivity contribution >= 4 is 11.6 Å². The molecule has 0 unspecified atom stereocenters. The van der Waals surface area contributed by atoms with Crippen LogP contribution < -0.4 is 0 Å². The Morgan fingerprint density at radius 3 is 2.29 bits per heavy atom. The zero-order chi connectivity index (χ0) is 16.9. The lowest BCUT2D eigenvalue weighted by Crippen LogP contribution is -2.15. The van der Waals surface area contributed by atoms with Crippen LogP contribution in [0.15, 0.2) is 61.3 Å². The molecule has 0 saturated carbocycles. The highest BCUT2D eigenvalue weighted by Crippen LogP contribution is 2.19. The van der Waals surface area contributed by atoms with Gasteiger partial charge in [0.1, 0.15) is 13.0 Å². The van der Waals surface area contributed by atoms with Crippen LogP contribution in [0, 0.1) is 0 Å². The molecular formula is C18H12FN3O2. The molecule has 0 aliphatic rings. The molecule has 0 atom stereocenters. The van der Waals surface area contributed by atoms with Crippen molar-refractivity contribution in [1.82, 2.24) is 15.0 Å². The van der Waals surface area contributed by atoms with E-state index in [1.54, 1.807) is 36.7 Å². The van der Waals surface area contributed by atoms with Gasteiger partial charge in [0.25, 0.3) is 0 Å². The number of carbonyl (C=O) groups is 2. The van der Waals surface area contributed by atoms with Gasteiger partial charge in [-0.1, -0.05) is 18.2 Å². The van der Waals surface area contributed by atoms with Crippen molar-refractivity contribution in [3.05, 3.63) is 78.1 Å². The summed E-state index contributed by atoms with van der Waals surface area (Å²) in [6.45, 7) is -0.719. The molecule has 0 amide bonds. The third kappa shape index (κ3) is 3.22. The van der Waals surface area contributed by atoms with Gasteiger partial charge >= 0.3 is 0 Å². The summed E-state index contributed by atoms with van der Waals surface area (Å²) in [7, 11) is 0. The Morgan fingerprint density at radius 1 is 0.875 bits per heavy atom. The summed E-state index contributed by atoms with van der Waals surface area (Å²) >= 11 is 0. The van der Waals surface area contributed by atoms with Crippen LogP contribution in [0.25, 0.3) is 11.1 Å². The molecule has 0 bridgehead atoms. The van der Waals surface area contributed by atoms with E-state index in [9.17, 15) is 14.0 Å². The average Bonchev–Trinajstić information content (AvgIpc) is 2.67. The summed E-state index contributed by atoms with van der Waals surface area (Å²) in [5, 5.41) is 0. The number of hydrogen-bond acceptors (Lipinski definition) is 5. The first-order valence-corrected chi connectivity index (χ1v) is 7.14. The van der Waals surface area contributed by atoms with Gasteiger partial charge in [-0.15, -0.1) is 0 Å². The molecule has 5 nitrogen and oxygen atoms in total. The van der Waals surface area contributed by atoms with Crippen LogP contribution in [0.2, 0.25) is 0 Å². The molecule has 0 aliphatic heterocycles. The third-order valence-electron chi connectivity index (χ3n) is 3.45. The predicted octanol–water partition coefficient (Wildman–Crippen LogP) is 3.07. The van der Waals surface area contributed by atoms with Gasteiger partial charge in [-0.25, -0.2) is 14.4 Å². The Bertz CT molecular complexity index is 880. The molecule has 0 spiro atoms. The number of rotatable bonds is 5. The monoisotopic (exact) mass is 321 g/mol. The van der Waals surface area contributed by atoms with Crippen molar-refractivity contribution in [2.45, 2.75) is 6.67 Å². The lowest BCUT2D eigenvalue weighted by molar-refractivity contribution is 0.0816. The molecule has 3 aromatic rings. The minimum atomic E-state index is -0.719. The van der Waals surface area contributed by atoms with E-state index in [1.807, 2.05) is 0 Å². The van der Waals surface area contributed by atoms with Gasteiger partial charge in [-0.2, -0.15) is 0 Å². The summed E-state index contributed by atoms with van der Waals surface area (Å²) in [5.41, 5.74) is 2.08. The molecule has 1 aromatic carbocycles. The Kier molecular flexibility index (Phi) is 4.47. The second-order valence-electron chi connectivity index (χ2n) is 5.04. The second kappa shape index (κ2) is 6.87. The Morgan fingerprint density at radius 2 is 1.62 bits per heavy atom. The Balaban J connectivity index is 1.88. The number of Topliss-reactive ketones (excluding diaryl/α,β-unsaturated/α-hetero) is 2. The molecule has 0 fully saturated rings. The van der Waals surface area contributed by atoms with Crippen molar-refractivity contribution in [1.29, 1.82) is 0 Å². The fourth-order valence-corrected chi connectivity index (χ4v) is 2.19. The van der Waals surface area contributed by atoms with E-state index in [-0.39, 0.29) is 16.8 Å². The van der Waals surface area contributed by atoms with Crippen LogP contribution in [0.5, 0.6) is 0 Å². The van der Waals surface area contributed by atoms with Crippen molar-refractivity contribution < 1.29 is 14.0 Å². The largest absolute Gasteiger partial charge is 0.285 e. The van der Waals surface area contributed by atoms with Crippen molar-refractivity contribution in [2.24, 2.45) is 0 Å². The molecule has 24 heavy (non-hydrogen) atoms. The van der Waals surface area contributed by atoms with Crippen LogP contribution in [0.3, 0.4) is 0 Å². The van der Waals surface area contributed by atoms with Crippen molar-refractivity contribution in [3.8, 4) is 11.1 Å². The topological polar surface area (TPSA) is 72.8 Å². The molecule has 6 heteroatoms. The Hall–Kier alpha value is -3.28. The third-order valence-corrected chi connectivity index (χ3v) is 3.45. The van der Waals surface area contributed by atoms with Crippen LogP contribution in [0.4, 0.5) is 4.39 Å². The van der Waals surface area contributed by atoms with E-state index in [4.69, 9.17) is 0 Å². The summed E-state index contributed by atoms with van der Waals surface area (Å²) in [6.07, 6.45) is 5.87. The van der Waals surface area contributed by atoms with Crippen LogP contribution in [-0.2, 0) is 6.67 Å². The number of carbonyl (C=O) groups excluding carboxylic acids is 2. The highest BCUT2D eigenvalue weighted by Gasteiger charge is 2.19. The molecule has 0 N–H and O–H groups in total. The number of alkyl halides is 1. The standard InChI is InChI=1S/C18H12FN3O2/c19-7-16-5-4-14(10-22-16)18(24)17(23)13-3-1-2-12(6-13)15-8-20-11-21-9-15/h1-6,8-11H,7H2. The molecule has 0 saturated heterocycles. The van der Waals surface area contributed by atoms with Gasteiger partial charge in [-0.05, 0) is 23.8 Å². The highest BCUT2D eigenvalue weighted by atomic mass is 19.1. The fourth-order valence-electron chi connectivity index (χ4n) is 2.19. The highest BCUT2D eigenvalue weighted by molar-refractivity contribution is 6.49. The van der Waals surface area contributed by atoms with Crippen molar-refractivity contribution in [2.75, 3.05) is 0 Å². The van der Waals surface area contributed by atoms with E-state index in [0.717, 1.165) is 11.1 Å². The number of nitrogens with zero attached hydrogens (tertiary/aromatic N) is 3. The number of ketones is 2. The van der Waals surface area contributed by atoms with Gasteiger partial charge in [0.15, 0.2) is 0 Å². The number of benzene rings is 1. The molecule has 0 aliphatic carbocycles. The normalized spacial score (nSPS) is 10.4. The van der Waals surface area contributed by atoms with Gasteiger partial charge in [-0.3, -0.25) is 14.6 Å². The first-order chi connectivity index (χ1) is 11.7. The van der Waals surface area contributed by atoms with E-state index in [2.05, 4.69) is 15.0 Å². The lowest BCUT2D eigenvalue weighted by Gasteiger charge is -2.04. The average molecular weight is 321 g/mol. The van der Waals surface area contributed by atoms with E-state index in [0.29, 0.717) is 0 Å². The van der Waals surface area contributed by atoms with Crippen molar-refractivity contribution in [3.63, 3.8) is 0 Å². The number of halogens is 1. The number of pyridine rings is 1. The quantitative estimate of drug-likeness (QED) is 0.533. The van der Waals surface area contributed by atoms with Crippen LogP contribution in [0.1, 0.15) is 26.4 Å². The summed E-state index contributed by atoms with van der Waals surface area (Å²) in [4.78, 5) is 36.3. The SMILES string of the molecule is O=C(C(=O)c1cccc(-c2cncnc2)c1)c1ccc(CF)nc1. The smallest absolute Gasteiger partial charge is 0.235 e. The molecule has 3 rings (SSSR count). The summed E-state index contributed by atoms with van der Waals surface area (Å²) < 4.78 is 12.5.